The summed E-state index contributed by atoms with van der Waals surface area (Å²) in [7, 11) is -2.03. The monoisotopic (exact) mass is 694 g/mol. The molecule has 7 nitrogen and oxygen atoms in total. The van der Waals surface area contributed by atoms with E-state index in [9.17, 15) is 9.59 Å². The third-order valence-electron chi connectivity index (χ3n) is 9.43. The fourth-order valence-electron chi connectivity index (χ4n) is 5.51. The molecule has 3 aromatic rings. The summed E-state index contributed by atoms with van der Waals surface area (Å²) < 4.78 is 9.27. The zero-order valence-corrected chi connectivity index (χ0v) is 31.0. The SMILES string of the molecule is CCCCN(CCCC)C(=O)c1cc(C)n(-c2ccc(Br)cc2C(=O)N2Cc3ccccc3CC2CO[Si](C)(C)C(C)(C)C)n1. The van der Waals surface area contributed by atoms with Crippen LogP contribution < -0.4 is 0 Å². The van der Waals surface area contributed by atoms with Crippen molar-refractivity contribution in [2.24, 2.45) is 0 Å². The van der Waals surface area contributed by atoms with E-state index in [1.165, 1.54) is 5.56 Å². The fourth-order valence-corrected chi connectivity index (χ4v) is 6.91. The van der Waals surface area contributed by atoms with Crippen LogP contribution >= 0.6 is 15.9 Å². The lowest BCUT2D eigenvalue weighted by molar-refractivity contribution is 0.0554. The summed E-state index contributed by atoms with van der Waals surface area (Å²) >= 11 is 3.61. The molecule has 0 radical (unpaired) electrons. The first-order chi connectivity index (χ1) is 21.3. The van der Waals surface area contributed by atoms with Gasteiger partial charge in [-0.25, -0.2) is 4.68 Å². The summed E-state index contributed by atoms with van der Waals surface area (Å²) in [4.78, 5) is 32.1. The van der Waals surface area contributed by atoms with Crippen molar-refractivity contribution in [2.75, 3.05) is 19.7 Å². The Hall–Kier alpha value is -2.75. The molecule has 1 aliphatic heterocycles. The molecule has 1 aliphatic rings. The summed E-state index contributed by atoms with van der Waals surface area (Å²) in [6, 6.07) is 15.8. The molecule has 9 heteroatoms. The maximum atomic E-state index is 14.6. The van der Waals surface area contributed by atoms with Crippen LogP contribution in [0.2, 0.25) is 18.1 Å². The van der Waals surface area contributed by atoms with Crippen molar-refractivity contribution in [2.45, 2.75) is 104 Å². The molecule has 4 rings (SSSR count). The Morgan fingerprint density at radius 1 is 1.02 bits per heavy atom. The van der Waals surface area contributed by atoms with Crippen molar-refractivity contribution in [3.8, 4) is 5.69 Å². The largest absolute Gasteiger partial charge is 0.415 e. The molecule has 0 bridgehead atoms. The molecule has 0 saturated carbocycles. The van der Waals surface area contributed by atoms with Crippen molar-refractivity contribution in [1.82, 2.24) is 19.6 Å². The molecule has 1 aromatic heterocycles. The summed E-state index contributed by atoms with van der Waals surface area (Å²) in [5, 5.41) is 4.88. The van der Waals surface area contributed by atoms with Crippen molar-refractivity contribution in [3.05, 3.63) is 81.1 Å². The van der Waals surface area contributed by atoms with Gasteiger partial charge >= 0.3 is 0 Å². The van der Waals surface area contributed by atoms with E-state index < -0.39 is 8.32 Å². The number of fused-ring (bicyclic) bond motifs is 1. The zero-order chi connectivity index (χ0) is 32.9. The van der Waals surface area contributed by atoms with Gasteiger partial charge in [0.05, 0.1) is 23.9 Å². The van der Waals surface area contributed by atoms with Crippen molar-refractivity contribution in [1.29, 1.82) is 0 Å². The molecule has 0 fully saturated rings. The average Bonchev–Trinajstić information content (AvgIpc) is 3.39. The Morgan fingerprint density at radius 3 is 2.29 bits per heavy atom. The van der Waals surface area contributed by atoms with Crippen LogP contribution in [0.1, 0.15) is 98.0 Å². The summed E-state index contributed by atoms with van der Waals surface area (Å²) in [6.07, 6.45) is 4.71. The number of carbonyl (C=O) groups is 2. The van der Waals surface area contributed by atoms with E-state index in [-0.39, 0.29) is 22.9 Å². The topological polar surface area (TPSA) is 67.7 Å². The normalized spacial score (nSPS) is 15.2. The highest BCUT2D eigenvalue weighted by molar-refractivity contribution is 9.10. The minimum Gasteiger partial charge on any atom is -0.415 e. The summed E-state index contributed by atoms with van der Waals surface area (Å²) in [5.74, 6) is -0.126. The number of aryl methyl sites for hydroxylation is 1. The highest BCUT2D eigenvalue weighted by Gasteiger charge is 2.39. The second-order valence-electron chi connectivity index (χ2n) is 13.9. The molecular formula is C36H51BrN4O3Si. The van der Waals surface area contributed by atoms with Gasteiger partial charge in [0.1, 0.15) is 0 Å². The van der Waals surface area contributed by atoms with Gasteiger partial charge in [-0.2, -0.15) is 5.10 Å². The molecule has 2 aromatic carbocycles. The number of rotatable bonds is 12. The molecule has 0 spiro atoms. The standard InChI is InChI=1S/C36H51BrN4O3Si/c1-9-11-19-39(20-12-10-2)35(43)32-21-26(3)41(38-32)33-18-17-29(37)23-31(33)34(42)40-24-28-16-14-13-15-27(28)22-30(40)25-44-45(7,8)36(4,5)6/h13-18,21,23,30H,9-12,19-20,22,24-25H2,1-8H3. The van der Waals surface area contributed by atoms with Crippen LogP contribution in [0.4, 0.5) is 0 Å². The molecule has 45 heavy (non-hydrogen) atoms. The first-order valence-corrected chi connectivity index (χ1v) is 20.1. The number of hydrogen-bond acceptors (Lipinski definition) is 4. The van der Waals surface area contributed by atoms with Crippen molar-refractivity contribution < 1.29 is 14.0 Å². The van der Waals surface area contributed by atoms with E-state index in [1.54, 1.807) is 4.68 Å². The van der Waals surface area contributed by atoms with E-state index in [1.807, 2.05) is 47.1 Å². The number of hydrogen-bond donors (Lipinski definition) is 0. The van der Waals surface area contributed by atoms with E-state index >= 15 is 0 Å². The van der Waals surface area contributed by atoms with Crippen LogP contribution in [0.15, 0.2) is 53.0 Å². The van der Waals surface area contributed by atoms with Gasteiger partial charge in [0.25, 0.3) is 11.8 Å². The molecule has 244 valence electrons. The first-order valence-electron chi connectivity index (χ1n) is 16.4. The number of carbonyl (C=O) groups excluding carboxylic acids is 2. The van der Waals surface area contributed by atoms with Gasteiger partial charge in [-0.05, 0) is 79.7 Å². The molecule has 0 aliphatic carbocycles. The fraction of sp³-hybridized carbons (Fsp3) is 0.528. The van der Waals surface area contributed by atoms with Crippen LogP contribution in [0, 0.1) is 6.92 Å². The number of aromatic nitrogens is 2. The number of unbranched alkanes of at least 4 members (excludes halogenated alkanes) is 2. The Kier molecular flexibility index (Phi) is 11.5. The van der Waals surface area contributed by atoms with E-state index in [0.717, 1.165) is 60.9 Å². The second-order valence-corrected chi connectivity index (χ2v) is 19.6. The maximum Gasteiger partial charge on any atom is 0.274 e. The van der Waals surface area contributed by atoms with Crippen LogP contribution in [0.5, 0.6) is 0 Å². The summed E-state index contributed by atoms with van der Waals surface area (Å²) in [5.41, 5.74) is 4.85. The zero-order valence-electron chi connectivity index (χ0n) is 28.5. The predicted molar refractivity (Wildman–Crippen MR) is 189 cm³/mol. The Morgan fingerprint density at radius 2 is 1.67 bits per heavy atom. The van der Waals surface area contributed by atoms with Gasteiger partial charge in [-0.3, -0.25) is 9.59 Å². The van der Waals surface area contributed by atoms with Gasteiger partial charge in [0, 0.05) is 29.8 Å². The highest BCUT2D eigenvalue weighted by atomic mass is 79.9. The first kappa shape index (κ1) is 35.1. The number of halogens is 1. The van der Waals surface area contributed by atoms with Gasteiger partial charge in [-0.1, -0.05) is 87.7 Å². The number of nitrogens with zero attached hydrogens (tertiary/aromatic N) is 4. The van der Waals surface area contributed by atoms with Gasteiger partial charge in [0.15, 0.2) is 14.0 Å². The van der Waals surface area contributed by atoms with E-state index in [2.05, 4.69) is 81.8 Å². The molecule has 2 heterocycles. The summed E-state index contributed by atoms with van der Waals surface area (Å²) in [6.45, 7) is 19.9. The molecule has 1 unspecified atom stereocenters. The van der Waals surface area contributed by atoms with Crippen LogP contribution in [-0.2, 0) is 17.4 Å². The third-order valence-corrected chi connectivity index (χ3v) is 14.4. The van der Waals surface area contributed by atoms with Crippen LogP contribution in [-0.4, -0.2) is 65.5 Å². The Bertz CT molecular complexity index is 1490. The maximum absolute atomic E-state index is 14.6. The number of amides is 2. The minimum absolute atomic E-state index is 0.0563. The Balaban J connectivity index is 1.70. The molecule has 0 saturated heterocycles. The smallest absolute Gasteiger partial charge is 0.274 e. The average molecular weight is 696 g/mol. The third kappa shape index (κ3) is 8.16. The van der Waals surface area contributed by atoms with Gasteiger partial charge in [0.2, 0.25) is 0 Å². The number of benzene rings is 2. The lowest BCUT2D eigenvalue weighted by atomic mass is 9.93. The lowest BCUT2D eigenvalue weighted by Crippen LogP contribution is -2.50. The van der Waals surface area contributed by atoms with Crippen LogP contribution in [0.3, 0.4) is 0 Å². The lowest BCUT2D eigenvalue weighted by Gasteiger charge is -2.41. The molecule has 0 N–H and O–H groups in total. The Labute approximate surface area is 279 Å². The second kappa shape index (κ2) is 14.8. The van der Waals surface area contributed by atoms with E-state index in [0.29, 0.717) is 30.1 Å². The van der Waals surface area contributed by atoms with Gasteiger partial charge in [-0.15, -0.1) is 0 Å². The van der Waals surface area contributed by atoms with E-state index in [4.69, 9.17) is 9.52 Å². The molecule has 1 atom stereocenters. The van der Waals surface area contributed by atoms with Crippen molar-refractivity contribution in [3.63, 3.8) is 0 Å². The minimum atomic E-state index is -2.03. The quantitative estimate of drug-likeness (QED) is 0.178. The van der Waals surface area contributed by atoms with Crippen molar-refractivity contribution >= 4 is 36.1 Å². The predicted octanol–water partition coefficient (Wildman–Crippen LogP) is 8.57. The van der Waals surface area contributed by atoms with Gasteiger partial charge < -0.3 is 14.2 Å². The van der Waals surface area contributed by atoms with Crippen LogP contribution in [0.25, 0.3) is 5.69 Å². The molecular weight excluding hydrogens is 644 g/mol. The highest BCUT2D eigenvalue weighted by Crippen LogP contribution is 2.37. The molecule has 2 amide bonds.